The predicted molar refractivity (Wildman–Crippen MR) is 165 cm³/mol. The van der Waals surface area contributed by atoms with Gasteiger partial charge in [0.25, 0.3) is 5.91 Å². The van der Waals surface area contributed by atoms with Crippen LogP contribution in [0.4, 0.5) is 5.82 Å². The molecule has 2 unspecified atom stereocenters. The van der Waals surface area contributed by atoms with E-state index in [0.29, 0.717) is 34.3 Å². The summed E-state index contributed by atoms with van der Waals surface area (Å²) in [6.07, 6.45) is 9.33. The molecule has 11 heteroatoms. The van der Waals surface area contributed by atoms with Crippen molar-refractivity contribution in [3.63, 3.8) is 0 Å². The van der Waals surface area contributed by atoms with Gasteiger partial charge in [-0.2, -0.15) is 0 Å². The number of amides is 1. The number of nitrogens with zero attached hydrogens (tertiary/aromatic N) is 7. The average molecular weight is 585 g/mol. The molecule has 2 aliphatic heterocycles. The van der Waals surface area contributed by atoms with E-state index in [0.717, 1.165) is 61.4 Å². The third-order valence-electron chi connectivity index (χ3n) is 9.01. The van der Waals surface area contributed by atoms with Crippen LogP contribution in [0.1, 0.15) is 47.7 Å². The Balaban J connectivity index is 1.32. The largest absolute Gasteiger partial charge is 0.356 e. The first-order valence-electron chi connectivity index (χ1n) is 14.5. The van der Waals surface area contributed by atoms with Crippen LogP contribution in [0.5, 0.6) is 0 Å². The Bertz CT molecular complexity index is 1890. The highest BCUT2D eigenvalue weighted by Gasteiger charge is 2.29. The summed E-state index contributed by atoms with van der Waals surface area (Å²) in [5, 5.41) is 4.03. The Morgan fingerprint density at radius 3 is 2.76 bits per heavy atom. The number of hydrogen-bond donors (Lipinski definition) is 1. The summed E-state index contributed by atoms with van der Waals surface area (Å²) in [5.74, 6) is 0.673. The van der Waals surface area contributed by atoms with Crippen molar-refractivity contribution in [3.8, 4) is 0 Å². The number of imidazole rings is 1. The van der Waals surface area contributed by atoms with Crippen LogP contribution in [0.25, 0.3) is 27.7 Å². The van der Waals surface area contributed by atoms with Crippen molar-refractivity contribution in [1.29, 1.82) is 0 Å². The zero-order chi connectivity index (χ0) is 29.0. The summed E-state index contributed by atoms with van der Waals surface area (Å²) >= 11 is 6.39. The Labute approximate surface area is 247 Å². The number of rotatable bonds is 6. The fourth-order valence-electron chi connectivity index (χ4n) is 6.75. The van der Waals surface area contributed by atoms with Gasteiger partial charge in [-0.05, 0) is 69.6 Å². The van der Waals surface area contributed by atoms with E-state index >= 15 is 0 Å². The Hall–Kier alpha value is -4.02. The summed E-state index contributed by atoms with van der Waals surface area (Å²) < 4.78 is 3.80. The Kier molecular flexibility index (Phi) is 6.82. The van der Waals surface area contributed by atoms with Crippen LogP contribution in [0.3, 0.4) is 0 Å². The van der Waals surface area contributed by atoms with Gasteiger partial charge in [-0.25, -0.2) is 4.98 Å². The highest BCUT2D eigenvalue weighted by atomic mass is 35.5. The molecule has 1 aromatic carbocycles. The molecule has 1 amide bonds. The molecule has 2 aliphatic rings. The minimum atomic E-state index is -0.368. The Morgan fingerprint density at radius 2 is 1.98 bits per heavy atom. The third kappa shape index (κ3) is 4.49. The van der Waals surface area contributed by atoms with Crippen LogP contribution in [-0.4, -0.2) is 74.0 Å². The normalized spacial score (nSPS) is 19.5. The summed E-state index contributed by atoms with van der Waals surface area (Å²) in [4.78, 5) is 46.1. The molecule has 0 spiro atoms. The maximum Gasteiger partial charge on any atom is 0.259 e. The molecule has 216 valence electrons. The zero-order valence-corrected chi connectivity index (χ0v) is 24.5. The van der Waals surface area contributed by atoms with Crippen LogP contribution in [0.2, 0.25) is 5.02 Å². The first-order chi connectivity index (χ1) is 20.4. The van der Waals surface area contributed by atoms with E-state index in [1.807, 2.05) is 46.5 Å². The molecule has 4 aromatic heterocycles. The second-order valence-corrected chi connectivity index (χ2v) is 11.9. The first kappa shape index (κ1) is 26.9. The second-order valence-electron chi connectivity index (χ2n) is 11.5. The number of aryl methyl sites for hydroxylation is 1. The molecular weight excluding hydrogens is 552 g/mol. The highest BCUT2D eigenvalue weighted by molar-refractivity contribution is 6.31. The monoisotopic (exact) mass is 584 g/mol. The van der Waals surface area contributed by atoms with Crippen LogP contribution in [0.15, 0.2) is 53.7 Å². The summed E-state index contributed by atoms with van der Waals surface area (Å²) in [6, 6.07) is 9.73. The molecule has 0 saturated carbocycles. The van der Waals surface area contributed by atoms with Gasteiger partial charge in [0.05, 0.1) is 22.1 Å². The van der Waals surface area contributed by atoms with Crippen LogP contribution in [-0.2, 0) is 7.05 Å². The number of pyridine rings is 2. The fraction of sp³-hybridized carbons (Fsp3) is 0.387. The lowest BCUT2D eigenvalue weighted by molar-refractivity contribution is 0.0950. The molecule has 2 atom stereocenters. The van der Waals surface area contributed by atoms with Crippen molar-refractivity contribution < 1.29 is 4.79 Å². The number of fused-ring (bicyclic) bond motifs is 5. The van der Waals surface area contributed by atoms with Gasteiger partial charge >= 0.3 is 0 Å². The highest BCUT2D eigenvalue weighted by Crippen LogP contribution is 2.32. The minimum Gasteiger partial charge on any atom is -0.356 e. The molecule has 2 saturated heterocycles. The lowest BCUT2D eigenvalue weighted by Crippen LogP contribution is -2.34. The number of benzene rings is 1. The molecule has 42 heavy (non-hydrogen) atoms. The SMILES string of the molecule is CN1CCCC1CCNC(=O)c1c(=O)c2ccc(N3CCC(c4cnccn4)C3)nc2n2c3ccc(Cl)cc3n(C)c12. The van der Waals surface area contributed by atoms with Gasteiger partial charge in [0, 0.05) is 62.3 Å². The van der Waals surface area contributed by atoms with Crippen LogP contribution in [0, 0.1) is 0 Å². The van der Waals surface area contributed by atoms with E-state index in [-0.39, 0.29) is 22.8 Å². The van der Waals surface area contributed by atoms with Gasteiger partial charge in [-0.1, -0.05) is 11.6 Å². The van der Waals surface area contributed by atoms with E-state index in [9.17, 15) is 9.59 Å². The van der Waals surface area contributed by atoms with Gasteiger partial charge in [-0.15, -0.1) is 0 Å². The molecule has 1 N–H and O–H groups in total. The average Bonchev–Trinajstić information content (AvgIpc) is 3.72. The van der Waals surface area contributed by atoms with E-state index in [1.165, 1.54) is 6.42 Å². The summed E-state index contributed by atoms with van der Waals surface area (Å²) in [5.41, 5.74) is 3.43. The number of carbonyl (C=O) groups excluding carboxylic acids is 1. The molecular formula is C31H33ClN8O2. The first-order valence-corrected chi connectivity index (χ1v) is 14.9. The van der Waals surface area contributed by atoms with Crippen LogP contribution >= 0.6 is 11.6 Å². The minimum absolute atomic E-state index is 0.121. The number of nitrogens with one attached hydrogen (secondary N) is 1. The van der Waals surface area contributed by atoms with Crippen molar-refractivity contribution in [3.05, 3.63) is 75.4 Å². The predicted octanol–water partition coefficient (Wildman–Crippen LogP) is 3.99. The van der Waals surface area contributed by atoms with Crippen molar-refractivity contribution >= 4 is 51.0 Å². The van der Waals surface area contributed by atoms with Gasteiger partial charge in [0.1, 0.15) is 17.0 Å². The topological polar surface area (TPSA) is 101 Å². The fourth-order valence-corrected chi connectivity index (χ4v) is 6.91. The lowest BCUT2D eigenvalue weighted by atomic mass is 10.1. The number of hydrogen-bond acceptors (Lipinski definition) is 7. The van der Waals surface area contributed by atoms with Crippen LogP contribution < -0.4 is 15.6 Å². The summed E-state index contributed by atoms with van der Waals surface area (Å²) in [6.45, 7) is 3.17. The molecule has 0 bridgehead atoms. The second kappa shape index (κ2) is 10.7. The lowest BCUT2D eigenvalue weighted by Gasteiger charge is -2.19. The number of anilines is 1. The smallest absolute Gasteiger partial charge is 0.259 e. The maximum atomic E-state index is 14.0. The van der Waals surface area contributed by atoms with Crippen molar-refractivity contribution in [1.82, 2.24) is 34.1 Å². The Morgan fingerprint density at radius 1 is 1.10 bits per heavy atom. The number of likely N-dealkylation sites (tertiary alicyclic amines) is 1. The van der Waals surface area contributed by atoms with Crippen molar-refractivity contribution in [2.45, 2.75) is 37.6 Å². The van der Waals surface area contributed by atoms with E-state index in [2.05, 4.69) is 32.1 Å². The van der Waals surface area contributed by atoms with Gasteiger partial charge in [-0.3, -0.25) is 24.0 Å². The van der Waals surface area contributed by atoms with E-state index in [1.54, 1.807) is 18.5 Å². The summed E-state index contributed by atoms with van der Waals surface area (Å²) in [7, 11) is 3.98. The van der Waals surface area contributed by atoms with E-state index in [4.69, 9.17) is 16.6 Å². The molecule has 0 aliphatic carbocycles. The van der Waals surface area contributed by atoms with Gasteiger partial charge < -0.3 is 19.7 Å². The van der Waals surface area contributed by atoms with Crippen molar-refractivity contribution in [2.75, 3.05) is 38.1 Å². The zero-order valence-electron chi connectivity index (χ0n) is 23.8. The van der Waals surface area contributed by atoms with Gasteiger partial charge in [0.2, 0.25) is 5.43 Å². The standard InChI is InChI=1S/C31H33ClN8O2/c1-37-14-3-4-21(37)9-11-35-30(42)27-28(41)22-6-8-26(39-15-10-19(18-39)23-17-33-12-13-34-23)36-29(22)40-24-7-5-20(32)16-25(24)38(2)31(27)40/h5-8,12-13,16-17,19,21H,3-4,9-11,14-15,18H2,1-2H3,(H,35,42). The number of carbonyl (C=O) groups is 1. The molecule has 6 heterocycles. The van der Waals surface area contributed by atoms with Gasteiger partial charge in [0.15, 0.2) is 5.65 Å². The molecule has 0 radical (unpaired) electrons. The third-order valence-corrected chi connectivity index (χ3v) is 9.25. The molecule has 5 aromatic rings. The molecule has 7 rings (SSSR count). The van der Waals surface area contributed by atoms with Crippen molar-refractivity contribution in [2.24, 2.45) is 7.05 Å². The molecule has 2 fully saturated rings. The van der Waals surface area contributed by atoms with E-state index < -0.39 is 0 Å². The molecule has 10 nitrogen and oxygen atoms in total. The quantitative estimate of drug-likeness (QED) is 0.322. The number of halogens is 1. The number of aromatic nitrogens is 5. The maximum absolute atomic E-state index is 14.0.